The summed E-state index contributed by atoms with van der Waals surface area (Å²) in [5.41, 5.74) is 2.93. The van der Waals surface area contributed by atoms with Gasteiger partial charge in [0.15, 0.2) is 0 Å². The number of fused-ring (bicyclic) bond motifs is 1. The number of terminal acetylenes is 1. The molecule has 1 saturated heterocycles. The Bertz CT molecular complexity index is 1670. The number of benzene rings is 1. The summed E-state index contributed by atoms with van der Waals surface area (Å²) in [7, 11) is -3.88. The SMILES string of the molecule is C#Cc1ccc2[nH]c(S(=O)(=O)N3CCN(C(=O)c4ncc(-c5ccncc5)cn4)C(CCC#N)C3)cc2c1. The largest absolute Gasteiger partial charge is 0.345 e. The van der Waals surface area contributed by atoms with Gasteiger partial charge in [-0.25, -0.2) is 18.4 Å². The topological polar surface area (TPSA) is 136 Å². The normalized spacial score (nSPS) is 16.2. The van der Waals surface area contributed by atoms with Crippen LogP contribution in [0.3, 0.4) is 0 Å². The zero-order valence-electron chi connectivity index (χ0n) is 20.3. The lowest BCUT2D eigenvalue weighted by Gasteiger charge is -2.40. The lowest BCUT2D eigenvalue weighted by molar-refractivity contribution is 0.0540. The zero-order valence-corrected chi connectivity index (χ0v) is 21.1. The van der Waals surface area contributed by atoms with Crippen LogP contribution in [0.5, 0.6) is 0 Å². The predicted octanol–water partition coefficient (Wildman–Crippen LogP) is 2.82. The van der Waals surface area contributed by atoms with Gasteiger partial charge in [-0.2, -0.15) is 9.57 Å². The molecule has 3 aromatic heterocycles. The first kappa shape index (κ1) is 25.1. The minimum Gasteiger partial charge on any atom is -0.345 e. The molecule has 11 heteroatoms. The van der Waals surface area contributed by atoms with Crippen molar-refractivity contribution in [3.05, 3.63) is 72.6 Å². The van der Waals surface area contributed by atoms with E-state index in [0.717, 1.165) is 11.1 Å². The number of hydrogen-bond acceptors (Lipinski definition) is 7. The molecule has 1 aromatic carbocycles. The molecular formula is C27H23N7O3S. The highest BCUT2D eigenvalue weighted by molar-refractivity contribution is 7.89. The third-order valence-corrected chi connectivity index (χ3v) is 8.32. The molecule has 4 aromatic rings. The van der Waals surface area contributed by atoms with Gasteiger partial charge in [0, 0.05) is 78.9 Å². The number of nitrogens with zero attached hydrogens (tertiary/aromatic N) is 6. The van der Waals surface area contributed by atoms with Crippen LogP contribution >= 0.6 is 0 Å². The van der Waals surface area contributed by atoms with E-state index >= 15 is 0 Å². The minimum absolute atomic E-state index is 0.0148. The maximum absolute atomic E-state index is 13.5. The van der Waals surface area contributed by atoms with Crippen molar-refractivity contribution in [3.8, 4) is 29.5 Å². The maximum atomic E-state index is 13.5. The number of rotatable bonds is 6. The fraction of sp³-hybridized carbons (Fsp3) is 0.222. The molecule has 0 spiro atoms. The van der Waals surface area contributed by atoms with Crippen molar-refractivity contribution >= 4 is 26.8 Å². The summed E-state index contributed by atoms with van der Waals surface area (Å²) in [5, 5.41) is 9.92. The lowest BCUT2D eigenvalue weighted by Crippen LogP contribution is -2.56. The number of carbonyl (C=O) groups excluding carboxylic acids is 1. The van der Waals surface area contributed by atoms with E-state index in [9.17, 15) is 18.5 Å². The molecule has 1 amide bonds. The molecular weight excluding hydrogens is 502 g/mol. The van der Waals surface area contributed by atoms with Gasteiger partial charge in [0.2, 0.25) is 5.82 Å². The average molecular weight is 526 g/mol. The highest BCUT2D eigenvalue weighted by atomic mass is 32.2. The minimum atomic E-state index is -3.88. The molecule has 0 aliphatic carbocycles. The summed E-state index contributed by atoms with van der Waals surface area (Å²) in [5.74, 6) is 2.16. The van der Waals surface area contributed by atoms with Crippen molar-refractivity contribution in [2.45, 2.75) is 23.9 Å². The summed E-state index contributed by atoms with van der Waals surface area (Å²) in [6.07, 6.45) is 12.4. The van der Waals surface area contributed by atoms with Crippen LogP contribution < -0.4 is 0 Å². The van der Waals surface area contributed by atoms with E-state index in [1.54, 1.807) is 54.0 Å². The maximum Gasteiger partial charge on any atom is 0.291 e. The third kappa shape index (κ3) is 4.85. The summed E-state index contributed by atoms with van der Waals surface area (Å²) in [6, 6.07) is 12.0. The van der Waals surface area contributed by atoms with Crippen molar-refractivity contribution in [2.75, 3.05) is 19.6 Å². The Balaban J connectivity index is 1.36. The average Bonchev–Trinajstić information content (AvgIpc) is 3.40. The van der Waals surface area contributed by atoms with Gasteiger partial charge in [-0.3, -0.25) is 9.78 Å². The number of sulfonamides is 1. The third-order valence-electron chi connectivity index (χ3n) is 6.53. The van der Waals surface area contributed by atoms with E-state index in [0.29, 0.717) is 22.9 Å². The predicted molar refractivity (Wildman–Crippen MR) is 140 cm³/mol. The van der Waals surface area contributed by atoms with Crippen LogP contribution in [0.2, 0.25) is 0 Å². The van der Waals surface area contributed by atoms with Crippen molar-refractivity contribution in [2.24, 2.45) is 0 Å². The molecule has 1 unspecified atom stereocenters. The molecule has 0 radical (unpaired) electrons. The second-order valence-corrected chi connectivity index (χ2v) is 10.7. The highest BCUT2D eigenvalue weighted by Gasteiger charge is 2.37. The number of pyridine rings is 1. The number of aromatic amines is 1. The summed E-state index contributed by atoms with van der Waals surface area (Å²) >= 11 is 0. The Morgan fingerprint density at radius 3 is 2.58 bits per heavy atom. The Morgan fingerprint density at radius 2 is 1.87 bits per heavy atom. The summed E-state index contributed by atoms with van der Waals surface area (Å²) in [6.45, 7) is 0.290. The van der Waals surface area contributed by atoms with E-state index in [4.69, 9.17) is 6.42 Å². The fourth-order valence-corrected chi connectivity index (χ4v) is 6.01. The zero-order chi connectivity index (χ0) is 26.7. The molecule has 0 bridgehead atoms. The number of nitrogens with one attached hydrogen (secondary N) is 1. The quantitative estimate of drug-likeness (QED) is 0.382. The molecule has 1 aliphatic heterocycles. The summed E-state index contributed by atoms with van der Waals surface area (Å²) < 4.78 is 28.4. The molecule has 38 heavy (non-hydrogen) atoms. The molecule has 1 atom stereocenters. The first-order chi connectivity index (χ1) is 18.4. The summed E-state index contributed by atoms with van der Waals surface area (Å²) in [4.78, 5) is 30.4. The van der Waals surface area contributed by atoms with Crippen molar-refractivity contribution in [1.29, 1.82) is 5.26 Å². The van der Waals surface area contributed by atoms with E-state index < -0.39 is 22.0 Å². The van der Waals surface area contributed by atoms with E-state index in [1.807, 2.05) is 12.1 Å². The van der Waals surface area contributed by atoms with Crippen LogP contribution in [0.15, 0.2) is 66.2 Å². The Kier molecular flexibility index (Phi) is 6.88. The highest BCUT2D eigenvalue weighted by Crippen LogP contribution is 2.26. The van der Waals surface area contributed by atoms with Crippen molar-refractivity contribution in [1.82, 2.24) is 29.1 Å². The van der Waals surface area contributed by atoms with Crippen molar-refractivity contribution in [3.63, 3.8) is 0 Å². The van der Waals surface area contributed by atoms with Gasteiger partial charge in [-0.05, 0) is 48.4 Å². The smallest absolute Gasteiger partial charge is 0.291 e. The number of H-pyrrole nitrogens is 1. The number of amides is 1. The number of aromatic nitrogens is 4. The Morgan fingerprint density at radius 1 is 1.11 bits per heavy atom. The van der Waals surface area contributed by atoms with Crippen LogP contribution in [0.1, 0.15) is 29.0 Å². The number of carbonyl (C=O) groups is 1. The molecule has 10 nitrogen and oxygen atoms in total. The molecule has 5 rings (SSSR count). The van der Waals surface area contributed by atoms with E-state index in [1.165, 1.54) is 4.31 Å². The molecule has 4 heterocycles. The fourth-order valence-electron chi connectivity index (χ4n) is 4.52. The van der Waals surface area contributed by atoms with E-state index in [-0.39, 0.29) is 36.9 Å². The van der Waals surface area contributed by atoms with Crippen molar-refractivity contribution < 1.29 is 13.2 Å². The Labute approximate surface area is 220 Å². The van der Waals surface area contributed by atoms with Gasteiger partial charge < -0.3 is 9.88 Å². The second-order valence-electron chi connectivity index (χ2n) is 8.82. The van der Waals surface area contributed by atoms with Gasteiger partial charge >= 0.3 is 0 Å². The van der Waals surface area contributed by atoms with Crippen LogP contribution in [-0.2, 0) is 10.0 Å². The van der Waals surface area contributed by atoms with Crippen LogP contribution in [-0.4, -0.2) is 69.1 Å². The van der Waals surface area contributed by atoms with Crippen LogP contribution in [0, 0.1) is 23.7 Å². The molecule has 1 aliphatic rings. The van der Waals surface area contributed by atoms with Gasteiger partial charge in [0.25, 0.3) is 15.9 Å². The lowest BCUT2D eigenvalue weighted by atomic mass is 10.1. The first-order valence-electron chi connectivity index (χ1n) is 11.9. The first-order valence-corrected chi connectivity index (χ1v) is 13.3. The molecule has 1 N–H and O–H groups in total. The van der Waals surface area contributed by atoms with Gasteiger partial charge in [-0.15, -0.1) is 6.42 Å². The van der Waals surface area contributed by atoms with Crippen LogP contribution in [0.25, 0.3) is 22.0 Å². The number of nitriles is 1. The van der Waals surface area contributed by atoms with Gasteiger partial charge in [0.1, 0.15) is 5.03 Å². The van der Waals surface area contributed by atoms with Gasteiger partial charge in [-0.1, -0.05) is 5.92 Å². The molecule has 0 saturated carbocycles. The number of piperazine rings is 1. The van der Waals surface area contributed by atoms with E-state index in [2.05, 4.69) is 31.9 Å². The standard InChI is InChI=1S/C27H23N7O3S/c1-2-19-5-6-24-21(14-19)15-25(32-24)38(36,37)33-12-13-34(23(18-33)4-3-9-28)27(35)26-30-16-22(17-31-26)20-7-10-29-11-8-20/h1,5-8,10-11,14-17,23,32H,3-4,12-13,18H2. The Hall–Kier alpha value is -4.58. The monoisotopic (exact) mass is 525 g/mol. The van der Waals surface area contributed by atoms with Crippen LogP contribution in [0.4, 0.5) is 0 Å². The molecule has 190 valence electrons. The number of hydrogen-bond donors (Lipinski definition) is 1. The van der Waals surface area contributed by atoms with Gasteiger partial charge in [0.05, 0.1) is 6.07 Å². The second kappa shape index (κ2) is 10.4. The molecule has 1 fully saturated rings.